The van der Waals surface area contributed by atoms with Gasteiger partial charge in [0.15, 0.2) is 0 Å². The Balaban J connectivity index is 4.56. The summed E-state index contributed by atoms with van der Waals surface area (Å²) in [5.41, 5.74) is 5.31. The van der Waals surface area contributed by atoms with Gasteiger partial charge in [-0.3, -0.25) is 13.8 Å². The largest absolute Gasteiger partial charge is 0.472 e. The summed E-state index contributed by atoms with van der Waals surface area (Å²) in [6, 6.07) is -1.00. The number of nitrogens with one attached hydrogen (secondary N) is 1. The fraction of sp³-hybridized carbons (Fsp3) is 0.727. The van der Waals surface area contributed by atoms with Crippen LogP contribution in [-0.4, -0.2) is 59.0 Å². The summed E-state index contributed by atoms with van der Waals surface area (Å²) in [6.07, 6.45) is 29.3. The molecule has 0 heterocycles. The fourth-order valence-corrected chi connectivity index (χ4v) is 4.92. The van der Waals surface area contributed by atoms with Crippen LogP contribution in [-0.2, 0) is 18.4 Å². The van der Waals surface area contributed by atoms with Crippen molar-refractivity contribution in [1.29, 1.82) is 0 Å². The van der Waals surface area contributed by atoms with Gasteiger partial charge in [-0.1, -0.05) is 107 Å². The molecule has 4 atom stereocenters. The summed E-state index contributed by atoms with van der Waals surface area (Å²) >= 11 is 0. The number of nitrogens with two attached hydrogens (primary N) is 1. The van der Waals surface area contributed by atoms with E-state index in [-0.39, 0.29) is 19.6 Å². The molecule has 0 saturated heterocycles. The monoisotopic (exact) mass is 628 g/mol. The van der Waals surface area contributed by atoms with E-state index in [4.69, 9.17) is 14.8 Å². The van der Waals surface area contributed by atoms with E-state index in [1.54, 1.807) is 6.08 Å². The number of rotatable bonds is 29. The number of carbonyl (C=O) groups is 1. The Kier molecular flexibility index (Phi) is 28.1. The molecule has 0 bridgehead atoms. The number of hydrogen-bond donors (Lipinski definition) is 5. The molecule has 0 aliphatic heterocycles. The maximum atomic E-state index is 12.6. The van der Waals surface area contributed by atoms with E-state index in [0.717, 1.165) is 64.2 Å². The van der Waals surface area contributed by atoms with Crippen LogP contribution in [0.3, 0.4) is 0 Å². The van der Waals surface area contributed by atoms with E-state index in [9.17, 15) is 24.5 Å². The van der Waals surface area contributed by atoms with Gasteiger partial charge in [0.2, 0.25) is 5.91 Å². The molecular formula is C33H61N2O7P. The molecule has 0 radical (unpaired) electrons. The lowest BCUT2D eigenvalue weighted by Gasteiger charge is -2.24. The van der Waals surface area contributed by atoms with Crippen LogP contribution in [0.4, 0.5) is 0 Å². The summed E-state index contributed by atoms with van der Waals surface area (Å²) in [5, 5.41) is 23.7. The normalized spacial score (nSPS) is 16.0. The van der Waals surface area contributed by atoms with E-state index in [2.05, 4.69) is 55.6 Å². The lowest BCUT2D eigenvalue weighted by atomic mass is 10.0. The molecule has 0 saturated carbocycles. The number of hydrogen-bond acceptors (Lipinski definition) is 7. The zero-order valence-electron chi connectivity index (χ0n) is 26.8. The van der Waals surface area contributed by atoms with Gasteiger partial charge in [-0.25, -0.2) is 4.57 Å². The minimum absolute atomic E-state index is 0.0398. The van der Waals surface area contributed by atoms with E-state index >= 15 is 0 Å². The lowest BCUT2D eigenvalue weighted by molar-refractivity contribution is -0.124. The molecule has 0 fully saturated rings. The number of carbonyl (C=O) groups excluding carboxylic acids is 1. The predicted octanol–water partition coefficient (Wildman–Crippen LogP) is 6.79. The molecule has 0 aliphatic rings. The molecule has 6 N–H and O–H groups in total. The van der Waals surface area contributed by atoms with Crippen LogP contribution in [0.15, 0.2) is 48.6 Å². The molecular weight excluding hydrogens is 567 g/mol. The quantitative estimate of drug-likeness (QED) is 0.0263. The second kappa shape index (κ2) is 29.1. The SMILES string of the molecule is CCCC/C=C/CC/C=C/C(O)C(COP(=O)(O)OCCN)NC(=O)CC(O)CCCCCC/C=C\C=C/CCCCC. The second-order valence-electron chi connectivity index (χ2n) is 10.9. The number of aliphatic hydroxyl groups is 2. The van der Waals surface area contributed by atoms with Crippen molar-refractivity contribution in [3.05, 3.63) is 48.6 Å². The number of phosphoric acid groups is 1. The molecule has 10 heteroatoms. The van der Waals surface area contributed by atoms with Crippen LogP contribution >= 0.6 is 7.82 Å². The number of aliphatic hydroxyl groups excluding tert-OH is 2. The Morgan fingerprint density at radius 1 is 0.814 bits per heavy atom. The molecule has 0 aliphatic carbocycles. The molecule has 0 rings (SSSR count). The van der Waals surface area contributed by atoms with Crippen LogP contribution in [0.25, 0.3) is 0 Å². The average Bonchev–Trinajstić information content (AvgIpc) is 2.97. The van der Waals surface area contributed by atoms with Gasteiger partial charge in [-0.15, -0.1) is 0 Å². The summed E-state index contributed by atoms with van der Waals surface area (Å²) in [6.45, 7) is 3.77. The van der Waals surface area contributed by atoms with Gasteiger partial charge >= 0.3 is 7.82 Å². The average molecular weight is 629 g/mol. The molecule has 9 nitrogen and oxygen atoms in total. The number of phosphoric ester groups is 1. The first-order chi connectivity index (χ1) is 20.8. The van der Waals surface area contributed by atoms with Gasteiger partial charge in [-0.2, -0.15) is 0 Å². The standard InChI is InChI=1S/C33H61N2O7P/c1-3-5-7-9-11-13-14-15-16-17-18-20-22-24-30(36)28-33(38)35-31(29-42-43(39,40)41-27-26-34)32(37)25-23-21-19-12-10-8-6-4-2/h10-15,23,25,30-32,36-37H,3-9,16-22,24,26-29,34H2,1-2H3,(H,35,38)(H,39,40)/b12-10+,13-11-,15-14-,25-23+. The maximum absolute atomic E-state index is 12.6. The van der Waals surface area contributed by atoms with Gasteiger partial charge in [0.25, 0.3) is 0 Å². The molecule has 0 aromatic rings. The zero-order valence-corrected chi connectivity index (χ0v) is 27.7. The lowest BCUT2D eigenvalue weighted by Crippen LogP contribution is -2.46. The molecule has 250 valence electrons. The minimum Gasteiger partial charge on any atom is -0.393 e. The highest BCUT2D eigenvalue weighted by Gasteiger charge is 2.27. The van der Waals surface area contributed by atoms with Gasteiger partial charge < -0.3 is 26.2 Å². The number of unbranched alkanes of at least 4 members (excludes halogenated alkanes) is 10. The van der Waals surface area contributed by atoms with Crippen molar-refractivity contribution >= 4 is 13.7 Å². The van der Waals surface area contributed by atoms with Gasteiger partial charge in [0.05, 0.1) is 37.9 Å². The Hall–Kier alpha value is -1.58. The van der Waals surface area contributed by atoms with Crippen molar-refractivity contribution < 1.29 is 33.5 Å². The van der Waals surface area contributed by atoms with E-state index in [0.29, 0.717) is 12.8 Å². The van der Waals surface area contributed by atoms with E-state index in [1.165, 1.54) is 25.3 Å². The van der Waals surface area contributed by atoms with Gasteiger partial charge in [-0.05, 0) is 51.4 Å². The highest BCUT2D eigenvalue weighted by Crippen LogP contribution is 2.43. The maximum Gasteiger partial charge on any atom is 0.472 e. The van der Waals surface area contributed by atoms with Crippen molar-refractivity contribution in [2.24, 2.45) is 5.73 Å². The minimum atomic E-state index is -4.39. The van der Waals surface area contributed by atoms with Crippen LogP contribution < -0.4 is 11.1 Å². The Bertz CT molecular complexity index is 832. The van der Waals surface area contributed by atoms with Crippen molar-refractivity contribution in [1.82, 2.24) is 5.32 Å². The molecule has 4 unspecified atom stereocenters. The van der Waals surface area contributed by atoms with Crippen molar-refractivity contribution in [2.75, 3.05) is 19.8 Å². The summed E-state index contributed by atoms with van der Waals surface area (Å²) in [5.74, 6) is -0.476. The third kappa shape index (κ3) is 27.7. The van der Waals surface area contributed by atoms with Crippen molar-refractivity contribution in [3.63, 3.8) is 0 Å². The highest BCUT2D eigenvalue weighted by atomic mass is 31.2. The third-order valence-electron chi connectivity index (χ3n) is 6.71. The molecule has 43 heavy (non-hydrogen) atoms. The Labute approximate surface area is 261 Å². The van der Waals surface area contributed by atoms with Crippen molar-refractivity contribution in [2.45, 2.75) is 135 Å². The van der Waals surface area contributed by atoms with E-state index in [1.807, 2.05) is 0 Å². The van der Waals surface area contributed by atoms with Gasteiger partial charge in [0.1, 0.15) is 0 Å². The first kappa shape index (κ1) is 41.4. The van der Waals surface area contributed by atoms with Gasteiger partial charge in [0, 0.05) is 6.54 Å². The van der Waals surface area contributed by atoms with E-state index < -0.39 is 38.6 Å². The molecule has 1 amide bonds. The number of allylic oxidation sites excluding steroid dienone is 7. The summed E-state index contributed by atoms with van der Waals surface area (Å²) < 4.78 is 21.8. The summed E-state index contributed by atoms with van der Waals surface area (Å²) in [4.78, 5) is 22.5. The first-order valence-electron chi connectivity index (χ1n) is 16.4. The smallest absolute Gasteiger partial charge is 0.393 e. The topological polar surface area (TPSA) is 151 Å². The first-order valence-corrected chi connectivity index (χ1v) is 17.9. The van der Waals surface area contributed by atoms with Crippen LogP contribution in [0.2, 0.25) is 0 Å². The summed E-state index contributed by atoms with van der Waals surface area (Å²) in [7, 11) is -4.39. The third-order valence-corrected chi connectivity index (χ3v) is 7.69. The second-order valence-corrected chi connectivity index (χ2v) is 12.3. The predicted molar refractivity (Wildman–Crippen MR) is 177 cm³/mol. The van der Waals surface area contributed by atoms with Crippen LogP contribution in [0.5, 0.6) is 0 Å². The Morgan fingerprint density at radius 2 is 1.42 bits per heavy atom. The van der Waals surface area contributed by atoms with Crippen molar-refractivity contribution in [3.8, 4) is 0 Å². The Morgan fingerprint density at radius 3 is 2.09 bits per heavy atom. The number of amides is 1. The molecule has 0 aromatic carbocycles. The zero-order chi connectivity index (χ0) is 32.0. The highest BCUT2D eigenvalue weighted by molar-refractivity contribution is 7.47. The molecule has 0 spiro atoms. The van der Waals surface area contributed by atoms with Crippen LogP contribution in [0, 0.1) is 0 Å². The van der Waals surface area contributed by atoms with Crippen LogP contribution in [0.1, 0.15) is 117 Å². The fourth-order valence-electron chi connectivity index (χ4n) is 4.16. The molecule has 0 aromatic heterocycles.